The summed E-state index contributed by atoms with van der Waals surface area (Å²) in [5.41, 5.74) is 2.81. The van der Waals surface area contributed by atoms with E-state index in [2.05, 4.69) is 10.3 Å². The number of nitrogens with zero attached hydrogens (tertiary/aromatic N) is 1. The fourth-order valence-electron chi connectivity index (χ4n) is 2.50. The van der Waals surface area contributed by atoms with Crippen molar-refractivity contribution in [1.82, 2.24) is 4.98 Å². The van der Waals surface area contributed by atoms with Crippen LogP contribution in [0, 0.1) is 0 Å². The Bertz CT molecular complexity index is 956. The fourth-order valence-corrected chi connectivity index (χ4v) is 5.25. The third kappa shape index (κ3) is 2.93. The van der Waals surface area contributed by atoms with Crippen LogP contribution in [0.4, 0.5) is 5.69 Å². The lowest BCUT2D eigenvalue weighted by Crippen LogP contribution is -2.10. The van der Waals surface area contributed by atoms with Crippen LogP contribution >= 0.6 is 46.3 Å². The fraction of sp³-hybridized carbons (Fsp3) is 0.0588. The van der Waals surface area contributed by atoms with Crippen LogP contribution in [-0.2, 0) is 5.75 Å². The van der Waals surface area contributed by atoms with Gasteiger partial charge in [-0.15, -0.1) is 23.1 Å². The molecule has 1 N–H and O–H groups in total. The minimum absolute atomic E-state index is 0.176. The molecular formula is C17H10Cl2N2OS2. The second kappa shape index (κ2) is 6.41. The number of carbonyl (C=O) groups is 1. The van der Waals surface area contributed by atoms with Gasteiger partial charge in [0.15, 0.2) is 5.15 Å². The summed E-state index contributed by atoms with van der Waals surface area (Å²) in [6.07, 6.45) is 1.58. The highest BCUT2D eigenvalue weighted by atomic mass is 35.5. The number of halogens is 2. The summed E-state index contributed by atoms with van der Waals surface area (Å²) in [6, 6.07) is 11.3. The van der Waals surface area contributed by atoms with Gasteiger partial charge in [-0.2, -0.15) is 0 Å². The molecule has 0 bridgehead atoms. The lowest BCUT2D eigenvalue weighted by molar-refractivity contribution is 0.103. The maximum atomic E-state index is 12.5. The number of pyridine rings is 1. The number of benzene rings is 1. The number of hydrogen-bond donors (Lipinski definition) is 1. The number of rotatable bonds is 2. The summed E-state index contributed by atoms with van der Waals surface area (Å²) < 4.78 is 0. The van der Waals surface area contributed by atoms with Crippen LogP contribution in [0.1, 0.15) is 15.2 Å². The summed E-state index contributed by atoms with van der Waals surface area (Å²) in [7, 11) is 0. The van der Waals surface area contributed by atoms with Crippen molar-refractivity contribution in [3.63, 3.8) is 0 Å². The van der Waals surface area contributed by atoms with Crippen LogP contribution in [0.2, 0.25) is 10.2 Å². The standard InChI is InChI=1S/C17H10Cl2N2OS2/c18-10-3-4-11-13(7-10)23-8-9-6-14(24-15(9)11)17(22)21-12-2-1-5-20-16(12)19/h1-7H,8H2,(H,21,22). The normalized spacial score (nSPS) is 12.4. The molecule has 0 fully saturated rings. The Morgan fingerprint density at radius 2 is 2.08 bits per heavy atom. The zero-order valence-electron chi connectivity index (χ0n) is 12.2. The molecule has 2 aromatic heterocycles. The van der Waals surface area contributed by atoms with E-state index in [1.165, 1.54) is 16.9 Å². The van der Waals surface area contributed by atoms with E-state index < -0.39 is 0 Å². The molecule has 0 saturated heterocycles. The first kappa shape index (κ1) is 16.0. The second-order valence-electron chi connectivity index (χ2n) is 5.19. The van der Waals surface area contributed by atoms with Crippen molar-refractivity contribution < 1.29 is 4.79 Å². The lowest BCUT2D eigenvalue weighted by Gasteiger charge is -2.15. The van der Waals surface area contributed by atoms with E-state index in [-0.39, 0.29) is 11.1 Å². The summed E-state index contributed by atoms with van der Waals surface area (Å²) in [4.78, 5) is 19.4. The van der Waals surface area contributed by atoms with E-state index in [0.717, 1.165) is 26.1 Å². The Hall–Kier alpha value is -1.53. The molecule has 1 aliphatic heterocycles. The van der Waals surface area contributed by atoms with Crippen molar-refractivity contribution in [2.45, 2.75) is 10.6 Å². The van der Waals surface area contributed by atoms with Crippen molar-refractivity contribution in [3.05, 3.63) is 63.2 Å². The Labute approximate surface area is 157 Å². The van der Waals surface area contributed by atoms with E-state index in [0.29, 0.717) is 10.6 Å². The highest BCUT2D eigenvalue weighted by Gasteiger charge is 2.22. The first-order valence-corrected chi connectivity index (χ1v) is 9.65. The monoisotopic (exact) mass is 392 g/mol. The second-order valence-corrected chi connectivity index (χ2v) is 8.05. The topological polar surface area (TPSA) is 42.0 Å². The molecule has 4 rings (SSSR count). The maximum absolute atomic E-state index is 12.5. The Morgan fingerprint density at radius 3 is 2.92 bits per heavy atom. The summed E-state index contributed by atoms with van der Waals surface area (Å²) in [6.45, 7) is 0. The van der Waals surface area contributed by atoms with Crippen LogP contribution < -0.4 is 5.32 Å². The van der Waals surface area contributed by atoms with Gasteiger partial charge < -0.3 is 5.32 Å². The van der Waals surface area contributed by atoms with E-state index in [1.54, 1.807) is 30.1 Å². The molecule has 0 unspecified atom stereocenters. The molecule has 0 aliphatic carbocycles. The summed E-state index contributed by atoms with van der Waals surface area (Å²) in [5.74, 6) is 0.657. The molecule has 3 nitrogen and oxygen atoms in total. The molecule has 7 heteroatoms. The van der Waals surface area contributed by atoms with Gasteiger partial charge in [-0.1, -0.05) is 29.3 Å². The largest absolute Gasteiger partial charge is 0.319 e. The van der Waals surface area contributed by atoms with E-state index >= 15 is 0 Å². The number of nitrogens with one attached hydrogen (secondary N) is 1. The minimum atomic E-state index is -0.176. The Morgan fingerprint density at radius 1 is 1.21 bits per heavy atom. The first-order chi connectivity index (χ1) is 11.6. The van der Waals surface area contributed by atoms with Gasteiger partial charge in [0.25, 0.3) is 5.91 Å². The lowest BCUT2D eigenvalue weighted by atomic mass is 10.1. The molecule has 0 saturated carbocycles. The predicted octanol–water partition coefficient (Wildman–Crippen LogP) is 5.97. The molecule has 0 atom stereocenters. The van der Waals surface area contributed by atoms with Gasteiger partial charge in [-0.25, -0.2) is 4.98 Å². The zero-order valence-corrected chi connectivity index (χ0v) is 15.3. The first-order valence-electron chi connectivity index (χ1n) is 7.09. The van der Waals surface area contributed by atoms with Crippen molar-refractivity contribution in [3.8, 4) is 10.4 Å². The van der Waals surface area contributed by atoms with E-state index in [9.17, 15) is 4.79 Å². The molecule has 3 aromatic rings. The van der Waals surface area contributed by atoms with Crippen LogP contribution in [0.25, 0.3) is 10.4 Å². The van der Waals surface area contributed by atoms with Crippen LogP contribution in [-0.4, -0.2) is 10.9 Å². The van der Waals surface area contributed by atoms with Crippen molar-refractivity contribution in [2.75, 3.05) is 5.32 Å². The molecule has 3 heterocycles. The highest BCUT2D eigenvalue weighted by molar-refractivity contribution is 7.98. The average Bonchev–Trinajstić information content (AvgIpc) is 3.01. The number of anilines is 1. The molecule has 1 aromatic carbocycles. The van der Waals surface area contributed by atoms with Crippen LogP contribution in [0.5, 0.6) is 0 Å². The SMILES string of the molecule is O=C(Nc1cccnc1Cl)c1cc2c(s1)-c1ccc(Cl)cc1SC2. The highest BCUT2D eigenvalue weighted by Crippen LogP contribution is 2.46. The molecule has 120 valence electrons. The van der Waals surface area contributed by atoms with Gasteiger partial charge in [0.2, 0.25) is 0 Å². The number of hydrogen-bond acceptors (Lipinski definition) is 4. The third-order valence-corrected chi connectivity index (χ3v) is 6.46. The number of fused-ring (bicyclic) bond motifs is 3. The smallest absolute Gasteiger partial charge is 0.265 e. The molecule has 24 heavy (non-hydrogen) atoms. The Balaban J connectivity index is 1.66. The summed E-state index contributed by atoms with van der Waals surface area (Å²) >= 11 is 15.3. The quantitative estimate of drug-likeness (QED) is 0.545. The van der Waals surface area contributed by atoms with E-state index in [4.69, 9.17) is 23.2 Å². The molecule has 0 radical (unpaired) electrons. The van der Waals surface area contributed by atoms with Gasteiger partial charge in [-0.05, 0) is 35.9 Å². The molecule has 0 spiro atoms. The molecular weight excluding hydrogens is 383 g/mol. The van der Waals surface area contributed by atoms with Crippen LogP contribution in [0.15, 0.2) is 47.5 Å². The predicted molar refractivity (Wildman–Crippen MR) is 102 cm³/mol. The summed E-state index contributed by atoms with van der Waals surface area (Å²) in [5, 5.41) is 3.83. The zero-order chi connectivity index (χ0) is 16.7. The third-order valence-electron chi connectivity index (χ3n) is 3.61. The van der Waals surface area contributed by atoms with Gasteiger partial charge in [0.1, 0.15) is 0 Å². The van der Waals surface area contributed by atoms with Crippen molar-refractivity contribution in [1.29, 1.82) is 0 Å². The average molecular weight is 393 g/mol. The number of thioether (sulfide) groups is 1. The van der Waals surface area contributed by atoms with Crippen molar-refractivity contribution in [2.24, 2.45) is 0 Å². The number of thiophene rings is 1. The van der Waals surface area contributed by atoms with Crippen LogP contribution in [0.3, 0.4) is 0 Å². The number of amides is 1. The molecule has 1 aliphatic rings. The van der Waals surface area contributed by atoms with Gasteiger partial charge >= 0.3 is 0 Å². The Kier molecular flexibility index (Phi) is 4.26. The van der Waals surface area contributed by atoms with Crippen molar-refractivity contribution >= 4 is 57.9 Å². The van der Waals surface area contributed by atoms with Gasteiger partial charge in [0, 0.05) is 32.3 Å². The van der Waals surface area contributed by atoms with Gasteiger partial charge in [0.05, 0.1) is 10.6 Å². The maximum Gasteiger partial charge on any atom is 0.265 e. The van der Waals surface area contributed by atoms with E-state index in [1.807, 2.05) is 24.3 Å². The minimum Gasteiger partial charge on any atom is -0.319 e. The van der Waals surface area contributed by atoms with Gasteiger partial charge in [-0.3, -0.25) is 4.79 Å². The number of carbonyl (C=O) groups excluding carboxylic acids is 1. The molecule has 1 amide bonds. The number of aromatic nitrogens is 1.